The molecule has 1 aromatic rings. The molecule has 2 heterocycles. The van der Waals surface area contributed by atoms with Crippen molar-refractivity contribution in [3.63, 3.8) is 0 Å². The first kappa shape index (κ1) is 13.1. The zero-order valence-electron chi connectivity index (χ0n) is 11.4. The maximum Gasteiger partial charge on any atom is 0.228 e. The maximum atomic E-state index is 6.25. The van der Waals surface area contributed by atoms with Gasteiger partial charge in [0.2, 0.25) is 5.89 Å². The Morgan fingerprint density at radius 1 is 1.21 bits per heavy atom. The first-order valence-corrected chi connectivity index (χ1v) is 7.49. The third-order valence-corrected chi connectivity index (χ3v) is 4.42. The highest BCUT2D eigenvalue weighted by Gasteiger charge is 2.26. The van der Waals surface area contributed by atoms with Crippen LogP contribution in [-0.4, -0.2) is 29.4 Å². The summed E-state index contributed by atoms with van der Waals surface area (Å²) in [5, 5.41) is 4.10. The van der Waals surface area contributed by atoms with Gasteiger partial charge in [-0.05, 0) is 31.6 Å². The van der Waals surface area contributed by atoms with E-state index < -0.39 is 0 Å². The van der Waals surface area contributed by atoms with E-state index in [1.807, 2.05) is 0 Å². The van der Waals surface area contributed by atoms with Crippen LogP contribution in [0.3, 0.4) is 0 Å². The van der Waals surface area contributed by atoms with E-state index in [1.54, 1.807) is 0 Å². The van der Waals surface area contributed by atoms with Gasteiger partial charge in [-0.2, -0.15) is 4.98 Å². The summed E-state index contributed by atoms with van der Waals surface area (Å²) in [7, 11) is 0. The molecule has 5 nitrogen and oxygen atoms in total. The maximum absolute atomic E-state index is 6.25. The molecule has 106 valence electrons. The van der Waals surface area contributed by atoms with Gasteiger partial charge in [0.05, 0.1) is 6.61 Å². The van der Waals surface area contributed by atoms with Crippen molar-refractivity contribution >= 4 is 0 Å². The highest BCUT2D eigenvalue weighted by Crippen LogP contribution is 2.28. The Morgan fingerprint density at radius 3 is 2.79 bits per heavy atom. The quantitative estimate of drug-likeness (QED) is 0.901. The molecule has 0 spiro atoms. The van der Waals surface area contributed by atoms with Gasteiger partial charge in [0.25, 0.3) is 0 Å². The highest BCUT2D eigenvalue weighted by atomic mass is 16.5. The summed E-state index contributed by atoms with van der Waals surface area (Å²) in [4.78, 5) is 4.51. The predicted molar refractivity (Wildman–Crippen MR) is 70.7 cm³/mol. The molecule has 1 aromatic heterocycles. The molecule has 3 rings (SSSR count). The lowest BCUT2D eigenvalue weighted by Crippen LogP contribution is -2.30. The molecule has 5 heteroatoms. The fourth-order valence-electron chi connectivity index (χ4n) is 3.21. The molecule has 0 radical (unpaired) electrons. The number of hydrogen-bond acceptors (Lipinski definition) is 5. The number of rotatable bonds is 4. The smallest absolute Gasteiger partial charge is 0.228 e. The van der Waals surface area contributed by atoms with Gasteiger partial charge >= 0.3 is 0 Å². The molecule has 1 saturated heterocycles. The molecule has 2 unspecified atom stereocenters. The topological polar surface area (TPSA) is 74.2 Å². The van der Waals surface area contributed by atoms with E-state index in [0.717, 1.165) is 25.3 Å². The van der Waals surface area contributed by atoms with Crippen molar-refractivity contribution < 1.29 is 9.26 Å². The molecule has 0 aromatic carbocycles. The fourth-order valence-corrected chi connectivity index (χ4v) is 3.21. The largest absolute Gasteiger partial charge is 0.381 e. The summed E-state index contributed by atoms with van der Waals surface area (Å²) in [6.45, 7) is 1.57. The van der Waals surface area contributed by atoms with Gasteiger partial charge in [-0.1, -0.05) is 18.0 Å². The molecule has 19 heavy (non-hydrogen) atoms. The molecule has 2 N–H and O–H groups in total. The summed E-state index contributed by atoms with van der Waals surface area (Å²) < 4.78 is 10.8. The van der Waals surface area contributed by atoms with Crippen molar-refractivity contribution in [2.45, 2.75) is 56.9 Å². The number of ether oxygens (including phenoxy) is 1. The van der Waals surface area contributed by atoms with Crippen molar-refractivity contribution in [1.29, 1.82) is 0 Å². The van der Waals surface area contributed by atoms with E-state index in [-0.39, 0.29) is 6.04 Å². The van der Waals surface area contributed by atoms with Crippen LogP contribution in [0.2, 0.25) is 0 Å². The van der Waals surface area contributed by atoms with E-state index in [0.29, 0.717) is 30.8 Å². The molecular formula is C14H23N3O2. The molecule has 0 amide bonds. The van der Waals surface area contributed by atoms with E-state index in [1.165, 1.54) is 25.7 Å². The SMILES string of the molecule is NC(Cc1nc(C2CCCOC2)no1)C1CCCC1. The summed E-state index contributed by atoms with van der Waals surface area (Å²) in [5.74, 6) is 2.43. The van der Waals surface area contributed by atoms with Crippen molar-refractivity contribution in [2.75, 3.05) is 13.2 Å². The van der Waals surface area contributed by atoms with Crippen molar-refractivity contribution in [3.05, 3.63) is 11.7 Å². The first-order chi connectivity index (χ1) is 9.33. The zero-order valence-corrected chi connectivity index (χ0v) is 11.4. The van der Waals surface area contributed by atoms with Crippen LogP contribution in [0.25, 0.3) is 0 Å². The Morgan fingerprint density at radius 2 is 2.05 bits per heavy atom. The van der Waals surface area contributed by atoms with Crippen LogP contribution in [0.5, 0.6) is 0 Å². The molecule has 1 aliphatic heterocycles. The van der Waals surface area contributed by atoms with Crippen molar-refractivity contribution in [2.24, 2.45) is 11.7 Å². The minimum absolute atomic E-state index is 0.165. The van der Waals surface area contributed by atoms with Crippen LogP contribution in [0.15, 0.2) is 4.52 Å². The van der Waals surface area contributed by atoms with Gasteiger partial charge in [-0.15, -0.1) is 0 Å². The number of nitrogens with two attached hydrogens (primary N) is 1. The lowest BCUT2D eigenvalue weighted by atomic mass is 9.96. The summed E-state index contributed by atoms with van der Waals surface area (Å²) in [6, 6.07) is 0.165. The van der Waals surface area contributed by atoms with Crippen molar-refractivity contribution in [3.8, 4) is 0 Å². The molecule has 1 saturated carbocycles. The number of nitrogens with zero attached hydrogens (tertiary/aromatic N) is 2. The van der Waals surface area contributed by atoms with Gasteiger partial charge < -0.3 is 15.0 Å². The Balaban J connectivity index is 1.57. The van der Waals surface area contributed by atoms with Crippen LogP contribution in [0, 0.1) is 5.92 Å². The van der Waals surface area contributed by atoms with Crippen LogP contribution in [-0.2, 0) is 11.2 Å². The minimum atomic E-state index is 0.165. The Kier molecular flexibility index (Phi) is 4.13. The van der Waals surface area contributed by atoms with E-state index in [2.05, 4.69) is 10.1 Å². The van der Waals surface area contributed by atoms with Gasteiger partial charge in [-0.3, -0.25) is 0 Å². The first-order valence-electron chi connectivity index (χ1n) is 7.49. The van der Waals surface area contributed by atoms with Crippen LogP contribution in [0.4, 0.5) is 0 Å². The predicted octanol–water partition coefficient (Wildman–Crippen LogP) is 2.02. The highest BCUT2D eigenvalue weighted by molar-refractivity contribution is 4.98. The van der Waals surface area contributed by atoms with Gasteiger partial charge in [-0.25, -0.2) is 0 Å². The normalized spacial score (nSPS) is 26.7. The third-order valence-electron chi connectivity index (χ3n) is 4.42. The third kappa shape index (κ3) is 3.15. The standard InChI is InChI=1S/C14H23N3O2/c15-12(10-4-1-2-5-10)8-13-16-14(17-19-13)11-6-3-7-18-9-11/h10-12H,1-9,15H2. The minimum Gasteiger partial charge on any atom is -0.381 e. The lowest BCUT2D eigenvalue weighted by molar-refractivity contribution is 0.0773. The summed E-state index contributed by atoms with van der Waals surface area (Å²) >= 11 is 0. The van der Waals surface area contributed by atoms with Gasteiger partial charge in [0.15, 0.2) is 5.82 Å². The number of aromatic nitrogens is 2. The fraction of sp³-hybridized carbons (Fsp3) is 0.857. The average molecular weight is 265 g/mol. The summed E-state index contributed by atoms with van der Waals surface area (Å²) in [5.41, 5.74) is 6.25. The second kappa shape index (κ2) is 6.01. The number of hydrogen-bond donors (Lipinski definition) is 1. The van der Waals surface area contributed by atoms with E-state index in [4.69, 9.17) is 15.0 Å². The zero-order chi connectivity index (χ0) is 13.1. The van der Waals surface area contributed by atoms with Crippen molar-refractivity contribution in [1.82, 2.24) is 10.1 Å². The molecule has 2 aliphatic rings. The molecule has 2 fully saturated rings. The van der Waals surface area contributed by atoms with Crippen LogP contribution < -0.4 is 5.73 Å². The second-order valence-corrected chi connectivity index (χ2v) is 5.87. The van der Waals surface area contributed by atoms with Gasteiger partial charge in [0, 0.05) is 25.0 Å². The Labute approximate surface area is 113 Å². The van der Waals surface area contributed by atoms with Gasteiger partial charge in [0.1, 0.15) is 0 Å². The molecule has 0 bridgehead atoms. The summed E-state index contributed by atoms with van der Waals surface area (Å²) in [6.07, 6.45) is 8.01. The lowest BCUT2D eigenvalue weighted by Gasteiger charge is -2.18. The molecule has 2 atom stereocenters. The van der Waals surface area contributed by atoms with Crippen LogP contribution in [0.1, 0.15) is 56.2 Å². The van der Waals surface area contributed by atoms with Crippen LogP contribution >= 0.6 is 0 Å². The monoisotopic (exact) mass is 265 g/mol. The Bertz CT molecular complexity index is 395. The van der Waals surface area contributed by atoms with E-state index >= 15 is 0 Å². The van der Waals surface area contributed by atoms with E-state index in [9.17, 15) is 0 Å². The molecular weight excluding hydrogens is 242 g/mol. The second-order valence-electron chi connectivity index (χ2n) is 5.87. The average Bonchev–Trinajstić information content (AvgIpc) is 3.11. The molecule has 1 aliphatic carbocycles. The Hall–Kier alpha value is -0.940.